The molecule has 1 aromatic rings. The third kappa shape index (κ3) is 6.26. The molecular formula is C17H25ClN2O5S. The molecule has 0 aliphatic carbocycles. The van der Waals surface area contributed by atoms with Gasteiger partial charge in [-0.2, -0.15) is 4.31 Å². The van der Waals surface area contributed by atoms with E-state index in [9.17, 15) is 18.0 Å². The zero-order valence-electron chi connectivity index (χ0n) is 15.2. The topological polar surface area (TPSA) is 92.8 Å². The Labute approximate surface area is 159 Å². The van der Waals surface area contributed by atoms with E-state index in [1.807, 2.05) is 6.92 Å². The number of ether oxygens (including phenoxy) is 1. The summed E-state index contributed by atoms with van der Waals surface area (Å²) in [5, 5.41) is 2.67. The lowest BCUT2D eigenvalue weighted by Crippen LogP contribution is -2.30. The van der Waals surface area contributed by atoms with Crippen LogP contribution >= 0.6 is 11.6 Å². The van der Waals surface area contributed by atoms with Gasteiger partial charge in [-0.15, -0.1) is 0 Å². The molecule has 1 aromatic carbocycles. The summed E-state index contributed by atoms with van der Waals surface area (Å²) in [5.41, 5.74) is 0.148. The Bertz CT molecular complexity index is 733. The molecule has 0 aromatic heterocycles. The third-order valence-electron chi connectivity index (χ3n) is 3.65. The largest absolute Gasteiger partial charge is 0.456 e. The van der Waals surface area contributed by atoms with Crippen molar-refractivity contribution in [2.75, 3.05) is 25.0 Å². The van der Waals surface area contributed by atoms with E-state index in [4.69, 9.17) is 16.3 Å². The minimum absolute atomic E-state index is 0.0286. The van der Waals surface area contributed by atoms with Gasteiger partial charge in [0.15, 0.2) is 6.61 Å². The smallest absolute Gasteiger partial charge is 0.306 e. The molecule has 9 heteroatoms. The fourth-order valence-corrected chi connectivity index (χ4v) is 3.85. The highest BCUT2D eigenvalue weighted by molar-refractivity contribution is 7.89. The number of hydrogen-bond acceptors (Lipinski definition) is 5. The van der Waals surface area contributed by atoms with Crippen LogP contribution in [0, 0.1) is 0 Å². The van der Waals surface area contributed by atoms with Crippen LogP contribution in [0.2, 0.25) is 5.02 Å². The number of hydrogen-bond donors (Lipinski definition) is 1. The molecule has 0 spiro atoms. The minimum Gasteiger partial charge on any atom is -0.456 e. The van der Waals surface area contributed by atoms with Crippen LogP contribution in [0.15, 0.2) is 23.1 Å². The Morgan fingerprint density at radius 1 is 1.19 bits per heavy atom. The van der Waals surface area contributed by atoms with Crippen LogP contribution in [0.5, 0.6) is 0 Å². The summed E-state index contributed by atoms with van der Waals surface area (Å²) in [7, 11) is -3.67. The zero-order valence-corrected chi connectivity index (χ0v) is 16.8. The molecule has 0 heterocycles. The monoisotopic (exact) mass is 404 g/mol. The van der Waals surface area contributed by atoms with Gasteiger partial charge >= 0.3 is 5.97 Å². The Morgan fingerprint density at radius 3 is 2.42 bits per heavy atom. The number of benzene rings is 1. The maximum absolute atomic E-state index is 12.6. The van der Waals surface area contributed by atoms with Crippen LogP contribution < -0.4 is 5.32 Å². The molecule has 0 aliphatic rings. The maximum Gasteiger partial charge on any atom is 0.306 e. The molecule has 0 radical (unpaired) electrons. The number of unbranched alkanes of at least 4 members (excludes halogenated alkanes) is 1. The van der Waals surface area contributed by atoms with Crippen molar-refractivity contribution in [2.45, 2.75) is 44.9 Å². The van der Waals surface area contributed by atoms with Crippen molar-refractivity contribution in [3.8, 4) is 0 Å². The summed E-state index contributed by atoms with van der Waals surface area (Å²) in [6, 6.07) is 4.09. The molecule has 26 heavy (non-hydrogen) atoms. The number of halogens is 1. The SMILES string of the molecule is CCCCC(=O)OCC(=O)Nc1cc(S(=O)(=O)N(CC)CC)ccc1Cl. The number of amides is 1. The number of nitrogens with zero attached hydrogens (tertiary/aromatic N) is 1. The van der Waals surface area contributed by atoms with Crippen molar-refractivity contribution in [1.82, 2.24) is 4.31 Å². The van der Waals surface area contributed by atoms with Gasteiger partial charge < -0.3 is 10.1 Å². The second-order valence-electron chi connectivity index (χ2n) is 5.54. The summed E-state index contributed by atoms with van der Waals surface area (Å²) >= 11 is 6.04. The number of carbonyl (C=O) groups is 2. The summed E-state index contributed by atoms with van der Waals surface area (Å²) in [6.45, 7) is 5.64. The van der Waals surface area contributed by atoms with Crippen molar-refractivity contribution in [3.05, 3.63) is 23.2 Å². The van der Waals surface area contributed by atoms with E-state index in [0.29, 0.717) is 19.5 Å². The van der Waals surface area contributed by atoms with Gasteiger partial charge in [-0.1, -0.05) is 38.8 Å². The Kier molecular flexibility index (Phi) is 9.04. The molecule has 0 saturated heterocycles. The molecule has 1 amide bonds. The van der Waals surface area contributed by atoms with E-state index in [1.165, 1.54) is 22.5 Å². The predicted octanol–water partition coefficient (Wildman–Crippen LogP) is 3.04. The fourth-order valence-electron chi connectivity index (χ4n) is 2.20. The molecule has 0 fully saturated rings. The van der Waals surface area contributed by atoms with Crippen LogP contribution in [0.3, 0.4) is 0 Å². The van der Waals surface area contributed by atoms with Gasteiger partial charge in [0.05, 0.1) is 15.6 Å². The second kappa shape index (κ2) is 10.5. The highest BCUT2D eigenvalue weighted by Crippen LogP contribution is 2.27. The van der Waals surface area contributed by atoms with Crippen molar-refractivity contribution in [2.24, 2.45) is 0 Å². The first-order valence-electron chi connectivity index (χ1n) is 8.51. The number of carbonyl (C=O) groups excluding carboxylic acids is 2. The first kappa shape index (κ1) is 22.4. The van der Waals surface area contributed by atoms with Crippen LogP contribution in [0.25, 0.3) is 0 Å². The van der Waals surface area contributed by atoms with Crippen LogP contribution in [0.4, 0.5) is 5.69 Å². The van der Waals surface area contributed by atoms with E-state index >= 15 is 0 Å². The summed E-state index contributed by atoms with van der Waals surface area (Å²) in [6.07, 6.45) is 1.80. The lowest BCUT2D eigenvalue weighted by Gasteiger charge is -2.19. The molecule has 1 rings (SSSR count). The predicted molar refractivity (Wildman–Crippen MR) is 101 cm³/mol. The average Bonchev–Trinajstić information content (AvgIpc) is 2.60. The quantitative estimate of drug-likeness (QED) is 0.605. The number of sulfonamides is 1. The molecule has 146 valence electrons. The van der Waals surface area contributed by atoms with Crippen molar-refractivity contribution in [1.29, 1.82) is 0 Å². The molecule has 0 bridgehead atoms. The lowest BCUT2D eigenvalue weighted by atomic mass is 10.2. The van der Waals surface area contributed by atoms with Gasteiger partial charge in [-0.3, -0.25) is 9.59 Å². The molecule has 7 nitrogen and oxygen atoms in total. The van der Waals surface area contributed by atoms with E-state index < -0.39 is 28.5 Å². The highest BCUT2D eigenvalue weighted by atomic mass is 35.5. The van der Waals surface area contributed by atoms with Crippen LogP contribution in [-0.4, -0.2) is 44.3 Å². The van der Waals surface area contributed by atoms with Gasteiger partial charge in [0.1, 0.15) is 0 Å². The number of anilines is 1. The molecule has 0 saturated carbocycles. The Morgan fingerprint density at radius 2 is 1.85 bits per heavy atom. The Hall–Kier alpha value is -1.64. The molecule has 0 unspecified atom stereocenters. The normalized spacial score (nSPS) is 11.4. The van der Waals surface area contributed by atoms with E-state index in [1.54, 1.807) is 13.8 Å². The van der Waals surface area contributed by atoms with Crippen LogP contribution in [0.1, 0.15) is 40.0 Å². The van der Waals surface area contributed by atoms with E-state index in [0.717, 1.165) is 6.42 Å². The van der Waals surface area contributed by atoms with E-state index in [2.05, 4.69) is 5.32 Å². The maximum atomic E-state index is 12.6. The molecule has 1 N–H and O–H groups in total. The lowest BCUT2D eigenvalue weighted by molar-refractivity contribution is -0.147. The van der Waals surface area contributed by atoms with Gasteiger partial charge in [0, 0.05) is 19.5 Å². The number of rotatable bonds is 10. The first-order valence-corrected chi connectivity index (χ1v) is 10.3. The minimum atomic E-state index is -3.67. The molecule has 0 atom stereocenters. The van der Waals surface area contributed by atoms with Crippen molar-refractivity contribution in [3.63, 3.8) is 0 Å². The fraction of sp³-hybridized carbons (Fsp3) is 0.529. The standard InChI is InChI=1S/C17H25ClN2O5S/c1-4-7-8-17(22)25-12-16(21)19-15-11-13(9-10-14(15)18)26(23,24)20(5-2)6-3/h9-11H,4-8,12H2,1-3H3,(H,19,21). The van der Waals surface area contributed by atoms with Crippen molar-refractivity contribution < 1.29 is 22.7 Å². The number of esters is 1. The summed E-state index contributed by atoms with van der Waals surface area (Å²) in [5.74, 6) is -1.04. The van der Waals surface area contributed by atoms with E-state index in [-0.39, 0.29) is 22.0 Å². The number of nitrogens with one attached hydrogen (secondary N) is 1. The molecular weight excluding hydrogens is 380 g/mol. The summed E-state index contributed by atoms with van der Waals surface area (Å²) in [4.78, 5) is 23.4. The zero-order chi connectivity index (χ0) is 19.7. The molecule has 0 aliphatic heterocycles. The first-order chi connectivity index (χ1) is 12.3. The van der Waals surface area contributed by atoms with Crippen molar-refractivity contribution >= 4 is 39.2 Å². The summed E-state index contributed by atoms with van der Waals surface area (Å²) < 4.78 is 31.3. The second-order valence-corrected chi connectivity index (χ2v) is 7.89. The van der Waals surface area contributed by atoms with Gasteiger partial charge in [-0.25, -0.2) is 8.42 Å². The highest BCUT2D eigenvalue weighted by Gasteiger charge is 2.23. The van der Waals surface area contributed by atoms with Gasteiger partial charge in [-0.05, 0) is 24.6 Å². The average molecular weight is 405 g/mol. The Balaban J connectivity index is 2.85. The third-order valence-corrected chi connectivity index (χ3v) is 6.03. The van der Waals surface area contributed by atoms with Gasteiger partial charge in [0.25, 0.3) is 5.91 Å². The van der Waals surface area contributed by atoms with Gasteiger partial charge in [0.2, 0.25) is 10.0 Å². The van der Waals surface area contributed by atoms with Crippen LogP contribution in [-0.2, 0) is 24.3 Å².